The SMILES string of the molecule is CN1CC2CN(C)CC(C1)C2(N)C#N. The zero-order valence-corrected chi connectivity index (χ0v) is 8.90. The van der Waals surface area contributed by atoms with Crippen LogP contribution in [0.5, 0.6) is 0 Å². The van der Waals surface area contributed by atoms with Crippen molar-refractivity contribution in [1.82, 2.24) is 9.80 Å². The highest BCUT2D eigenvalue weighted by atomic mass is 15.2. The quantitative estimate of drug-likeness (QED) is 0.556. The zero-order chi connectivity index (χ0) is 10.3. The lowest BCUT2D eigenvalue weighted by Crippen LogP contribution is -2.69. The van der Waals surface area contributed by atoms with Gasteiger partial charge in [-0.1, -0.05) is 0 Å². The van der Waals surface area contributed by atoms with E-state index in [0.717, 1.165) is 26.2 Å². The first kappa shape index (κ1) is 9.91. The Hall–Kier alpha value is -0.630. The van der Waals surface area contributed by atoms with E-state index in [-0.39, 0.29) is 0 Å². The number of nitrogens with zero attached hydrogens (tertiary/aromatic N) is 3. The van der Waals surface area contributed by atoms with Crippen LogP contribution < -0.4 is 5.73 Å². The van der Waals surface area contributed by atoms with Crippen molar-refractivity contribution in [2.45, 2.75) is 5.54 Å². The standard InChI is InChI=1S/C10H18N4/c1-13-3-8-5-14(2)6-9(4-13)10(8,12)7-11/h8-9H,3-6,12H2,1-2H3. The molecule has 4 nitrogen and oxygen atoms in total. The molecule has 0 aromatic rings. The lowest BCUT2D eigenvalue weighted by atomic mass is 9.69. The van der Waals surface area contributed by atoms with Crippen LogP contribution in [0, 0.1) is 23.2 Å². The summed E-state index contributed by atoms with van der Waals surface area (Å²) < 4.78 is 0. The topological polar surface area (TPSA) is 56.3 Å². The van der Waals surface area contributed by atoms with Crippen molar-refractivity contribution in [3.05, 3.63) is 0 Å². The van der Waals surface area contributed by atoms with Gasteiger partial charge in [0.2, 0.25) is 0 Å². The van der Waals surface area contributed by atoms with Crippen LogP contribution in [0.15, 0.2) is 0 Å². The van der Waals surface area contributed by atoms with E-state index in [2.05, 4.69) is 30.0 Å². The Labute approximate surface area is 85.3 Å². The first-order chi connectivity index (χ1) is 6.56. The minimum absolute atomic E-state index is 0.301. The fourth-order valence-electron chi connectivity index (χ4n) is 2.89. The molecule has 2 aliphatic rings. The smallest absolute Gasteiger partial charge is 0.114 e. The molecule has 0 radical (unpaired) electrons. The van der Waals surface area contributed by atoms with Crippen molar-refractivity contribution in [2.75, 3.05) is 40.3 Å². The maximum Gasteiger partial charge on any atom is 0.114 e. The van der Waals surface area contributed by atoms with E-state index in [4.69, 9.17) is 5.73 Å². The minimum atomic E-state index is -0.584. The Kier molecular flexibility index (Phi) is 2.26. The van der Waals surface area contributed by atoms with Crippen LogP contribution in [0.2, 0.25) is 0 Å². The van der Waals surface area contributed by atoms with Gasteiger partial charge < -0.3 is 15.5 Å². The monoisotopic (exact) mass is 194 g/mol. The molecule has 2 N–H and O–H groups in total. The maximum atomic E-state index is 9.22. The molecule has 2 aliphatic heterocycles. The lowest BCUT2D eigenvalue weighted by Gasteiger charge is -2.52. The van der Waals surface area contributed by atoms with Crippen molar-refractivity contribution < 1.29 is 0 Å². The van der Waals surface area contributed by atoms with Crippen molar-refractivity contribution in [1.29, 1.82) is 5.26 Å². The predicted molar refractivity (Wildman–Crippen MR) is 54.5 cm³/mol. The first-order valence-corrected chi connectivity index (χ1v) is 5.13. The van der Waals surface area contributed by atoms with Crippen molar-refractivity contribution in [2.24, 2.45) is 17.6 Å². The van der Waals surface area contributed by atoms with Gasteiger partial charge in [-0.05, 0) is 14.1 Å². The third kappa shape index (κ3) is 1.33. The molecule has 0 amide bonds. The van der Waals surface area contributed by atoms with Crippen molar-refractivity contribution >= 4 is 0 Å². The summed E-state index contributed by atoms with van der Waals surface area (Å²) in [6, 6.07) is 2.35. The molecule has 0 aromatic carbocycles. The Bertz CT molecular complexity index is 240. The normalized spacial score (nSPS) is 44.7. The Balaban J connectivity index is 2.26. The van der Waals surface area contributed by atoms with E-state index in [1.165, 1.54) is 0 Å². The number of nitrogens with two attached hydrogens (primary N) is 1. The van der Waals surface area contributed by atoms with E-state index in [9.17, 15) is 5.26 Å². The molecule has 4 heteroatoms. The second-order valence-corrected chi connectivity index (χ2v) is 4.88. The largest absolute Gasteiger partial charge is 0.313 e. The van der Waals surface area contributed by atoms with E-state index in [1.807, 2.05) is 0 Å². The predicted octanol–water partition coefficient (Wildman–Crippen LogP) is -0.669. The van der Waals surface area contributed by atoms with Crippen LogP contribution in [0.3, 0.4) is 0 Å². The summed E-state index contributed by atoms with van der Waals surface area (Å²) >= 11 is 0. The van der Waals surface area contributed by atoms with Crippen LogP contribution in [0.4, 0.5) is 0 Å². The second-order valence-electron chi connectivity index (χ2n) is 4.88. The fraction of sp³-hybridized carbons (Fsp3) is 0.900. The number of nitriles is 1. The summed E-state index contributed by atoms with van der Waals surface area (Å²) in [7, 11) is 4.23. The van der Waals surface area contributed by atoms with E-state index in [0.29, 0.717) is 11.8 Å². The van der Waals surface area contributed by atoms with Gasteiger partial charge in [-0.25, -0.2) is 0 Å². The average molecular weight is 194 g/mol. The molecule has 0 aromatic heterocycles. The Morgan fingerprint density at radius 2 is 1.50 bits per heavy atom. The van der Waals surface area contributed by atoms with Crippen LogP contribution in [-0.2, 0) is 0 Å². The molecule has 0 atom stereocenters. The Morgan fingerprint density at radius 3 is 1.79 bits per heavy atom. The lowest BCUT2D eigenvalue weighted by molar-refractivity contribution is 0.00443. The summed E-state index contributed by atoms with van der Waals surface area (Å²) in [6.07, 6.45) is 0. The molecule has 0 saturated carbocycles. The van der Waals surface area contributed by atoms with Gasteiger partial charge >= 0.3 is 0 Å². The first-order valence-electron chi connectivity index (χ1n) is 5.13. The van der Waals surface area contributed by atoms with E-state index in [1.54, 1.807) is 0 Å². The molecule has 2 fully saturated rings. The van der Waals surface area contributed by atoms with Gasteiger partial charge in [0.1, 0.15) is 5.54 Å². The summed E-state index contributed by atoms with van der Waals surface area (Å²) in [5.41, 5.74) is 5.63. The molecule has 2 rings (SSSR count). The summed E-state index contributed by atoms with van der Waals surface area (Å²) in [5.74, 6) is 0.602. The van der Waals surface area contributed by atoms with Gasteiger partial charge in [0.05, 0.1) is 6.07 Å². The highest BCUT2D eigenvalue weighted by molar-refractivity contribution is 5.18. The minimum Gasteiger partial charge on any atom is -0.313 e. The number of likely N-dealkylation sites (tertiary alicyclic amines) is 2. The molecule has 2 heterocycles. The molecular formula is C10H18N4. The van der Waals surface area contributed by atoms with Crippen LogP contribution in [0.25, 0.3) is 0 Å². The molecule has 78 valence electrons. The van der Waals surface area contributed by atoms with E-state index < -0.39 is 5.54 Å². The van der Waals surface area contributed by atoms with Crippen LogP contribution in [0.1, 0.15) is 0 Å². The number of fused-ring (bicyclic) bond motifs is 2. The Morgan fingerprint density at radius 1 is 1.14 bits per heavy atom. The molecule has 0 spiro atoms. The van der Waals surface area contributed by atoms with E-state index >= 15 is 0 Å². The molecule has 0 aliphatic carbocycles. The third-order valence-electron chi connectivity index (χ3n) is 3.67. The molecule has 2 bridgehead atoms. The van der Waals surface area contributed by atoms with Gasteiger partial charge in [-0.15, -0.1) is 0 Å². The van der Waals surface area contributed by atoms with Crippen LogP contribution >= 0.6 is 0 Å². The summed E-state index contributed by atoms with van der Waals surface area (Å²) in [6.45, 7) is 3.80. The van der Waals surface area contributed by atoms with Crippen molar-refractivity contribution in [3.63, 3.8) is 0 Å². The van der Waals surface area contributed by atoms with Gasteiger partial charge in [0.15, 0.2) is 0 Å². The van der Waals surface area contributed by atoms with Crippen molar-refractivity contribution in [3.8, 4) is 6.07 Å². The fourth-order valence-corrected chi connectivity index (χ4v) is 2.89. The summed E-state index contributed by atoms with van der Waals surface area (Å²) in [4.78, 5) is 4.59. The highest BCUT2D eigenvalue weighted by Gasteiger charge is 2.50. The summed E-state index contributed by atoms with van der Waals surface area (Å²) in [5, 5.41) is 9.22. The highest BCUT2D eigenvalue weighted by Crippen LogP contribution is 2.34. The number of rotatable bonds is 0. The van der Waals surface area contributed by atoms with Crippen LogP contribution in [-0.4, -0.2) is 55.6 Å². The molecular weight excluding hydrogens is 176 g/mol. The molecule has 2 saturated heterocycles. The maximum absolute atomic E-state index is 9.22. The molecule has 0 unspecified atom stereocenters. The number of hydrogen-bond donors (Lipinski definition) is 1. The average Bonchev–Trinajstić information content (AvgIpc) is 2.10. The molecule has 14 heavy (non-hydrogen) atoms. The van der Waals surface area contributed by atoms with Gasteiger partial charge in [0.25, 0.3) is 0 Å². The third-order valence-corrected chi connectivity index (χ3v) is 3.67. The zero-order valence-electron chi connectivity index (χ0n) is 8.90. The number of hydrogen-bond acceptors (Lipinski definition) is 4. The van der Waals surface area contributed by atoms with Gasteiger partial charge in [0, 0.05) is 38.0 Å². The van der Waals surface area contributed by atoms with Gasteiger partial charge in [-0.2, -0.15) is 5.26 Å². The second kappa shape index (κ2) is 3.20. The van der Waals surface area contributed by atoms with Gasteiger partial charge in [-0.3, -0.25) is 0 Å². The number of piperidine rings is 2.